The molecule has 2 atom stereocenters. The molecule has 0 aromatic heterocycles. The van der Waals surface area contributed by atoms with Crippen molar-refractivity contribution in [3.05, 3.63) is 9.15 Å². The average molecular weight is 448 g/mol. The molecule has 0 saturated heterocycles. The number of hydrogen-bond donors (Lipinski definition) is 0. The van der Waals surface area contributed by atoms with Crippen LogP contribution in [-0.4, -0.2) is 20.7 Å². The van der Waals surface area contributed by atoms with E-state index in [2.05, 4.69) is 50.3 Å². The van der Waals surface area contributed by atoms with E-state index in [-0.39, 0.29) is 5.41 Å². The van der Waals surface area contributed by atoms with Crippen molar-refractivity contribution in [2.75, 3.05) is 6.61 Å². The number of Topliss-reactive ketones (excluding diaryl/α,β-unsaturated/α-hetero) is 1. The van der Waals surface area contributed by atoms with Crippen molar-refractivity contribution in [3.8, 4) is 0 Å². The van der Waals surface area contributed by atoms with E-state index >= 15 is 0 Å². The maximum atomic E-state index is 12.6. The van der Waals surface area contributed by atoms with Crippen molar-refractivity contribution in [1.82, 2.24) is 0 Å². The van der Waals surface area contributed by atoms with E-state index in [1.165, 1.54) is 40.1 Å². The van der Waals surface area contributed by atoms with Crippen LogP contribution in [0.2, 0.25) is 18.1 Å². The van der Waals surface area contributed by atoms with Crippen LogP contribution in [0.15, 0.2) is 9.15 Å². The predicted molar refractivity (Wildman–Crippen MR) is 109 cm³/mol. The first-order valence-electron chi connectivity index (χ1n) is 9.44. The lowest BCUT2D eigenvalue weighted by Crippen LogP contribution is -2.36. The lowest BCUT2D eigenvalue weighted by Gasteiger charge is -2.28. The molecular formula is C19H33IO2Si. The van der Waals surface area contributed by atoms with Gasteiger partial charge in [0.25, 0.3) is 0 Å². The Morgan fingerprint density at radius 2 is 1.91 bits per heavy atom. The molecule has 0 spiro atoms. The van der Waals surface area contributed by atoms with E-state index in [9.17, 15) is 4.79 Å². The number of rotatable bonds is 6. The highest BCUT2D eigenvalue weighted by molar-refractivity contribution is 14.1. The first kappa shape index (κ1) is 19.6. The molecule has 4 heteroatoms. The van der Waals surface area contributed by atoms with Gasteiger partial charge in [0.15, 0.2) is 8.32 Å². The van der Waals surface area contributed by atoms with E-state index in [0.717, 1.165) is 32.3 Å². The highest BCUT2D eigenvalue weighted by Crippen LogP contribution is 2.52. The quantitative estimate of drug-likeness (QED) is 0.354. The van der Waals surface area contributed by atoms with Crippen molar-refractivity contribution in [3.63, 3.8) is 0 Å². The topological polar surface area (TPSA) is 26.3 Å². The Hall–Kier alpha value is 0.317. The van der Waals surface area contributed by atoms with Gasteiger partial charge in [-0.2, -0.15) is 0 Å². The highest BCUT2D eigenvalue weighted by Gasteiger charge is 2.47. The third-order valence-electron chi connectivity index (χ3n) is 6.64. The molecule has 2 nitrogen and oxygen atoms in total. The normalized spacial score (nSPS) is 31.0. The van der Waals surface area contributed by atoms with Crippen LogP contribution >= 0.6 is 22.6 Å². The van der Waals surface area contributed by atoms with Crippen LogP contribution in [0.25, 0.3) is 0 Å². The molecule has 2 saturated carbocycles. The summed E-state index contributed by atoms with van der Waals surface area (Å²) in [5, 5.41) is 0. The fourth-order valence-electron chi connectivity index (χ4n) is 4.47. The molecule has 2 aliphatic rings. The van der Waals surface area contributed by atoms with Crippen molar-refractivity contribution < 1.29 is 9.22 Å². The van der Waals surface area contributed by atoms with E-state index in [1.54, 1.807) is 0 Å². The second-order valence-corrected chi connectivity index (χ2v) is 13.8. The van der Waals surface area contributed by atoms with E-state index < -0.39 is 8.32 Å². The Kier molecular flexibility index (Phi) is 6.94. The molecule has 2 rings (SSSR count). The molecule has 0 aromatic rings. The number of carbonyl (C=O) groups is 1. The predicted octanol–water partition coefficient (Wildman–Crippen LogP) is 6.26. The summed E-state index contributed by atoms with van der Waals surface area (Å²) < 4.78 is 7.86. The Morgan fingerprint density at radius 3 is 2.52 bits per heavy atom. The average Bonchev–Trinajstić information content (AvgIpc) is 2.84. The minimum Gasteiger partial charge on any atom is -0.412 e. The number of halogens is 1. The van der Waals surface area contributed by atoms with Gasteiger partial charge in [-0.1, -0.05) is 39.7 Å². The molecule has 2 fully saturated rings. The molecule has 0 heterocycles. The van der Waals surface area contributed by atoms with Gasteiger partial charge in [0.2, 0.25) is 0 Å². The maximum absolute atomic E-state index is 12.6. The number of allylic oxidation sites excluding steroid dienone is 1. The monoisotopic (exact) mass is 448 g/mol. The number of hydrogen-bond acceptors (Lipinski definition) is 2. The van der Waals surface area contributed by atoms with Crippen molar-refractivity contribution in [1.29, 1.82) is 0 Å². The van der Waals surface area contributed by atoms with Crippen molar-refractivity contribution in [2.45, 2.75) is 84.4 Å². The summed E-state index contributed by atoms with van der Waals surface area (Å²) in [4.78, 5) is 12.6. The minimum absolute atomic E-state index is 0.0863. The second kappa shape index (κ2) is 8.13. The summed E-state index contributed by atoms with van der Waals surface area (Å²) in [6.07, 6.45) is 6.46. The molecular weight excluding hydrogens is 415 g/mol. The van der Waals surface area contributed by atoms with Gasteiger partial charge in [-0.25, -0.2) is 0 Å². The van der Waals surface area contributed by atoms with Gasteiger partial charge in [-0.15, -0.1) is 0 Å². The van der Waals surface area contributed by atoms with Crippen LogP contribution in [0.3, 0.4) is 0 Å². The molecule has 0 amide bonds. The molecule has 0 radical (unpaired) electrons. The first-order chi connectivity index (χ1) is 10.9. The van der Waals surface area contributed by atoms with E-state index in [0.29, 0.717) is 11.7 Å². The van der Waals surface area contributed by atoms with Crippen LogP contribution in [-0.2, 0) is 9.22 Å². The molecule has 0 unspecified atom stereocenters. The van der Waals surface area contributed by atoms with E-state index in [1.807, 2.05) is 0 Å². The Labute approximate surface area is 157 Å². The summed E-state index contributed by atoms with van der Waals surface area (Å²) in [5.41, 5.74) is 1.43. The number of carbonyl (C=O) groups excluding carboxylic acids is 1. The first-order valence-corrected chi connectivity index (χ1v) is 13.0. The zero-order valence-corrected chi connectivity index (χ0v) is 18.5. The largest absolute Gasteiger partial charge is 0.412 e. The molecule has 23 heavy (non-hydrogen) atoms. The van der Waals surface area contributed by atoms with Gasteiger partial charge >= 0.3 is 0 Å². The lowest BCUT2D eigenvalue weighted by molar-refractivity contribution is -0.129. The summed E-state index contributed by atoms with van der Waals surface area (Å²) in [6, 6.07) is 3.62. The lowest BCUT2D eigenvalue weighted by atomic mass is 9.75. The van der Waals surface area contributed by atoms with Crippen molar-refractivity contribution >= 4 is 36.7 Å². The molecule has 132 valence electrons. The van der Waals surface area contributed by atoms with Gasteiger partial charge in [0, 0.05) is 15.4 Å². The van der Waals surface area contributed by atoms with Crippen molar-refractivity contribution in [2.24, 2.45) is 11.3 Å². The maximum Gasteiger partial charge on any atom is 0.192 e. The summed E-state index contributed by atoms with van der Waals surface area (Å²) in [5.74, 6) is 1.09. The zero-order valence-electron chi connectivity index (χ0n) is 15.3. The summed E-state index contributed by atoms with van der Waals surface area (Å²) in [6.45, 7) is 9.87. The van der Waals surface area contributed by atoms with E-state index in [4.69, 9.17) is 4.43 Å². The zero-order chi connectivity index (χ0) is 17.1. The van der Waals surface area contributed by atoms with Gasteiger partial charge < -0.3 is 4.43 Å². The van der Waals surface area contributed by atoms with Gasteiger partial charge in [-0.3, -0.25) is 4.79 Å². The van der Waals surface area contributed by atoms with Crippen LogP contribution in [0.4, 0.5) is 0 Å². The molecule has 2 aliphatic carbocycles. The Morgan fingerprint density at radius 1 is 1.26 bits per heavy atom. The van der Waals surface area contributed by atoms with Crippen LogP contribution in [0, 0.1) is 11.3 Å². The Balaban J connectivity index is 2.09. The fourth-order valence-corrected chi connectivity index (χ4v) is 7.90. The molecule has 0 bridgehead atoms. The number of fused-ring (bicyclic) bond motifs is 1. The molecule has 0 aromatic carbocycles. The summed E-state index contributed by atoms with van der Waals surface area (Å²) >= 11 is 2.49. The Bertz CT molecular complexity index is 462. The van der Waals surface area contributed by atoms with Gasteiger partial charge in [-0.05, 0) is 72.3 Å². The van der Waals surface area contributed by atoms with Crippen LogP contribution < -0.4 is 0 Å². The number of ketones is 1. The van der Waals surface area contributed by atoms with Crippen LogP contribution in [0.5, 0.6) is 0 Å². The third kappa shape index (κ3) is 4.11. The minimum atomic E-state index is -1.52. The SMILES string of the molecule is CC[Si](CC)(CC)OC/C(I)=C1/C[C@H]2CCCCC(=O)[C@@]2(C)C1. The fraction of sp³-hybridized carbons (Fsp3) is 0.842. The van der Waals surface area contributed by atoms with Gasteiger partial charge in [0.05, 0.1) is 6.61 Å². The van der Waals surface area contributed by atoms with Gasteiger partial charge in [0.1, 0.15) is 5.78 Å². The standard InChI is InChI=1S/C19H33IO2Si/c1-5-23(6-2,7-3)22-14-17(20)15-12-16-10-8-9-11-18(21)19(16,4)13-15/h16H,5-14H2,1-4H3/b17-15+/t16-,19+/m1/s1. The second-order valence-electron chi connectivity index (χ2n) is 7.71. The third-order valence-corrected chi connectivity index (χ3v) is 12.3. The smallest absolute Gasteiger partial charge is 0.192 e. The highest BCUT2D eigenvalue weighted by atomic mass is 127. The molecule has 0 N–H and O–H groups in total. The van der Waals surface area contributed by atoms with Crippen LogP contribution in [0.1, 0.15) is 66.2 Å². The summed E-state index contributed by atoms with van der Waals surface area (Å²) in [7, 11) is -1.52. The molecule has 0 aliphatic heterocycles.